The zero-order valence-electron chi connectivity index (χ0n) is 16.5. The fourth-order valence-electron chi connectivity index (χ4n) is 5.77. The molecule has 3 fully saturated rings. The van der Waals surface area contributed by atoms with Crippen LogP contribution in [-0.2, 0) is 11.3 Å². The number of carbonyl (C=O) groups is 1. The van der Waals surface area contributed by atoms with Crippen LogP contribution in [0.2, 0.25) is 0 Å². The summed E-state index contributed by atoms with van der Waals surface area (Å²) in [5, 5.41) is 8.96. The first-order chi connectivity index (χ1) is 13.8. The molecule has 3 atom stereocenters. The molecule has 3 aliphatic rings. The summed E-state index contributed by atoms with van der Waals surface area (Å²) in [6.45, 7) is 4.23. The van der Waals surface area contributed by atoms with Crippen LogP contribution >= 0.6 is 22.7 Å². The average Bonchev–Trinajstić information content (AvgIpc) is 3.49. The topological polar surface area (TPSA) is 23.6 Å². The van der Waals surface area contributed by atoms with Gasteiger partial charge in [-0.1, -0.05) is 19.3 Å². The molecule has 1 amide bonds. The number of piperidine rings is 1. The summed E-state index contributed by atoms with van der Waals surface area (Å²) >= 11 is 3.58. The van der Waals surface area contributed by atoms with Crippen LogP contribution in [0.4, 0.5) is 0 Å². The van der Waals surface area contributed by atoms with Crippen LogP contribution in [0.25, 0.3) is 0 Å². The molecular weight excluding hydrogens is 384 g/mol. The van der Waals surface area contributed by atoms with Gasteiger partial charge in [0, 0.05) is 50.0 Å². The SMILES string of the molecule is O=C(C1CCCCC1)N1C[C@H](c2ccsc2)[C@H]2CN(Cc3ccsc3)CC[C@H]21. The maximum atomic E-state index is 13.4. The number of hydrogen-bond donors (Lipinski definition) is 0. The average molecular weight is 415 g/mol. The lowest BCUT2D eigenvalue weighted by molar-refractivity contribution is -0.138. The van der Waals surface area contributed by atoms with Gasteiger partial charge in [-0.25, -0.2) is 0 Å². The summed E-state index contributed by atoms with van der Waals surface area (Å²) in [6.07, 6.45) is 7.14. The summed E-state index contributed by atoms with van der Waals surface area (Å²) in [7, 11) is 0. The Morgan fingerprint density at radius 2 is 1.82 bits per heavy atom. The van der Waals surface area contributed by atoms with E-state index in [4.69, 9.17) is 0 Å². The lowest BCUT2D eigenvalue weighted by Gasteiger charge is -2.39. The van der Waals surface area contributed by atoms with Gasteiger partial charge in [-0.3, -0.25) is 9.69 Å². The Labute approximate surface area is 176 Å². The normalized spacial score (nSPS) is 29.1. The quantitative estimate of drug-likeness (QED) is 0.686. The molecule has 2 saturated heterocycles. The van der Waals surface area contributed by atoms with E-state index in [9.17, 15) is 4.79 Å². The Balaban J connectivity index is 1.35. The molecule has 2 aromatic heterocycles. The molecule has 1 saturated carbocycles. The molecule has 2 aromatic rings. The molecule has 4 heterocycles. The van der Waals surface area contributed by atoms with Gasteiger partial charge >= 0.3 is 0 Å². The van der Waals surface area contributed by atoms with Gasteiger partial charge < -0.3 is 4.90 Å². The number of rotatable bonds is 4. The molecule has 0 bridgehead atoms. The van der Waals surface area contributed by atoms with Crippen molar-refractivity contribution in [3.05, 3.63) is 44.8 Å². The van der Waals surface area contributed by atoms with Gasteiger partial charge in [0.05, 0.1) is 0 Å². The second-order valence-electron chi connectivity index (χ2n) is 8.88. The summed E-state index contributed by atoms with van der Waals surface area (Å²) in [5.41, 5.74) is 2.89. The number of likely N-dealkylation sites (tertiary alicyclic amines) is 2. The zero-order valence-corrected chi connectivity index (χ0v) is 18.1. The molecule has 0 N–H and O–H groups in total. The minimum Gasteiger partial charge on any atom is -0.338 e. The summed E-state index contributed by atoms with van der Waals surface area (Å²) in [5.74, 6) is 1.85. The first kappa shape index (κ1) is 18.8. The number of thiophene rings is 2. The Hall–Kier alpha value is -1.17. The zero-order chi connectivity index (χ0) is 18.9. The monoisotopic (exact) mass is 414 g/mol. The second kappa shape index (κ2) is 8.29. The van der Waals surface area contributed by atoms with Gasteiger partial charge in [-0.2, -0.15) is 22.7 Å². The first-order valence-corrected chi connectivity index (χ1v) is 12.7. The molecule has 0 unspecified atom stereocenters. The smallest absolute Gasteiger partial charge is 0.225 e. The molecule has 150 valence electrons. The van der Waals surface area contributed by atoms with Crippen molar-refractivity contribution in [2.75, 3.05) is 19.6 Å². The van der Waals surface area contributed by atoms with Gasteiger partial charge in [0.1, 0.15) is 0 Å². The summed E-state index contributed by atoms with van der Waals surface area (Å²) in [6, 6.07) is 4.98. The highest BCUT2D eigenvalue weighted by Crippen LogP contribution is 2.43. The number of hydrogen-bond acceptors (Lipinski definition) is 4. The second-order valence-corrected chi connectivity index (χ2v) is 10.4. The Morgan fingerprint density at radius 3 is 2.57 bits per heavy atom. The third kappa shape index (κ3) is 3.69. The van der Waals surface area contributed by atoms with Crippen molar-refractivity contribution in [3.63, 3.8) is 0 Å². The van der Waals surface area contributed by atoms with Crippen LogP contribution in [0.3, 0.4) is 0 Å². The van der Waals surface area contributed by atoms with E-state index in [1.165, 1.54) is 30.4 Å². The van der Waals surface area contributed by atoms with Gasteiger partial charge in [-0.15, -0.1) is 0 Å². The Morgan fingerprint density at radius 1 is 1.00 bits per heavy atom. The lowest BCUT2D eigenvalue weighted by atomic mass is 9.82. The molecular formula is C23H30N2OS2. The molecule has 28 heavy (non-hydrogen) atoms. The molecule has 0 aromatic carbocycles. The summed E-state index contributed by atoms with van der Waals surface area (Å²) < 4.78 is 0. The van der Waals surface area contributed by atoms with Crippen LogP contribution in [0.5, 0.6) is 0 Å². The molecule has 2 aliphatic heterocycles. The molecule has 5 rings (SSSR count). The minimum absolute atomic E-state index is 0.291. The molecule has 0 spiro atoms. The van der Waals surface area contributed by atoms with Gasteiger partial charge in [0.25, 0.3) is 0 Å². The van der Waals surface area contributed by atoms with E-state index < -0.39 is 0 Å². The fraction of sp³-hybridized carbons (Fsp3) is 0.609. The van der Waals surface area contributed by atoms with Crippen LogP contribution < -0.4 is 0 Å². The third-order valence-corrected chi connectivity index (χ3v) is 8.64. The first-order valence-electron chi connectivity index (χ1n) is 10.9. The van der Waals surface area contributed by atoms with Crippen molar-refractivity contribution in [1.29, 1.82) is 0 Å². The molecule has 3 nitrogen and oxygen atoms in total. The number of nitrogens with zero attached hydrogens (tertiary/aromatic N) is 2. The maximum absolute atomic E-state index is 13.4. The van der Waals surface area contributed by atoms with Crippen LogP contribution in [-0.4, -0.2) is 41.4 Å². The highest BCUT2D eigenvalue weighted by atomic mass is 32.1. The van der Waals surface area contributed by atoms with Crippen molar-refractivity contribution in [2.45, 2.75) is 57.0 Å². The standard InChI is InChI=1S/C23H30N2OS2/c26-23(18-4-2-1-3-5-18)25-14-20(19-8-11-28-16-19)21-13-24(9-6-22(21)25)12-17-7-10-27-15-17/h7-8,10-11,15-16,18,20-22H,1-6,9,12-14H2/t20-,21-,22-/m1/s1. The summed E-state index contributed by atoms with van der Waals surface area (Å²) in [4.78, 5) is 18.4. The maximum Gasteiger partial charge on any atom is 0.225 e. The van der Waals surface area contributed by atoms with E-state index in [0.29, 0.717) is 29.7 Å². The van der Waals surface area contributed by atoms with E-state index in [1.807, 2.05) is 0 Å². The van der Waals surface area contributed by atoms with Gasteiger partial charge in [0.15, 0.2) is 0 Å². The van der Waals surface area contributed by atoms with E-state index in [0.717, 1.165) is 45.4 Å². The molecule has 0 radical (unpaired) electrons. The van der Waals surface area contributed by atoms with Gasteiger partial charge in [0.2, 0.25) is 5.91 Å². The van der Waals surface area contributed by atoms with Crippen LogP contribution in [0.15, 0.2) is 33.7 Å². The van der Waals surface area contributed by atoms with Crippen molar-refractivity contribution >= 4 is 28.6 Å². The third-order valence-electron chi connectivity index (χ3n) is 7.21. The molecule has 1 aliphatic carbocycles. The Kier molecular flexibility index (Phi) is 5.58. The van der Waals surface area contributed by atoms with E-state index in [2.05, 4.69) is 43.5 Å². The number of amides is 1. The largest absolute Gasteiger partial charge is 0.338 e. The predicted octanol–water partition coefficient (Wildman–Crippen LogP) is 5.21. The number of fused-ring (bicyclic) bond motifs is 1. The van der Waals surface area contributed by atoms with Crippen molar-refractivity contribution < 1.29 is 4.79 Å². The van der Waals surface area contributed by atoms with E-state index in [-0.39, 0.29) is 0 Å². The van der Waals surface area contributed by atoms with Crippen molar-refractivity contribution in [3.8, 4) is 0 Å². The fourth-order valence-corrected chi connectivity index (χ4v) is 7.15. The lowest BCUT2D eigenvalue weighted by Crippen LogP contribution is -2.49. The van der Waals surface area contributed by atoms with E-state index in [1.54, 1.807) is 22.7 Å². The highest BCUT2D eigenvalue weighted by molar-refractivity contribution is 7.08. The molecule has 5 heteroatoms. The van der Waals surface area contributed by atoms with Crippen molar-refractivity contribution in [1.82, 2.24) is 9.80 Å². The van der Waals surface area contributed by atoms with Crippen LogP contribution in [0, 0.1) is 11.8 Å². The van der Waals surface area contributed by atoms with Crippen molar-refractivity contribution in [2.24, 2.45) is 11.8 Å². The number of carbonyl (C=O) groups excluding carboxylic acids is 1. The predicted molar refractivity (Wildman–Crippen MR) is 117 cm³/mol. The van der Waals surface area contributed by atoms with Crippen LogP contribution in [0.1, 0.15) is 55.6 Å². The van der Waals surface area contributed by atoms with E-state index >= 15 is 0 Å². The minimum atomic E-state index is 0.291. The highest BCUT2D eigenvalue weighted by Gasteiger charge is 2.48. The Bertz CT molecular complexity index is 767. The van der Waals surface area contributed by atoms with Gasteiger partial charge in [-0.05, 0) is 64.0 Å².